The molecule has 0 saturated heterocycles. The summed E-state index contributed by atoms with van der Waals surface area (Å²) in [6.07, 6.45) is 0.771. The number of nitrogen functional groups attached to an aromatic ring is 1. The quantitative estimate of drug-likeness (QED) is 0.741. The summed E-state index contributed by atoms with van der Waals surface area (Å²) in [7, 11) is 0. The molecule has 1 aromatic heterocycles. The molecule has 2 aromatic rings. The van der Waals surface area contributed by atoms with Crippen LogP contribution in [0, 0.1) is 5.82 Å². The van der Waals surface area contributed by atoms with Crippen LogP contribution in [-0.4, -0.2) is 11.9 Å². The van der Waals surface area contributed by atoms with Crippen molar-refractivity contribution in [2.45, 2.75) is 19.4 Å². The Morgan fingerprint density at radius 3 is 2.85 bits per heavy atom. The molecule has 0 aliphatic heterocycles. The van der Waals surface area contributed by atoms with Crippen LogP contribution in [0.5, 0.6) is 0 Å². The fraction of sp³-hybridized carbons (Fsp3) is 0.214. The second-order valence-corrected chi connectivity index (χ2v) is 5.64. The van der Waals surface area contributed by atoms with E-state index in [-0.39, 0.29) is 23.0 Å². The van der Waals surface area contributed by atoms with Crippen molar-refractivity contribution in [3.63, 3.8) is 0 Å². The number of amides is 1. The maximum atomic E-state index is 13.8. The molecule has 106 valence electrons. The molecule has 0 aliphatic rings. The SMILES string of the molecule is CC(Cc1cccs1)Nc1cc(C(N)=O)c(N)cc1F. The molecule has 0 fully saturated rings. The fourth-order valence-corrected chi connectivity index (χ4v) is 2.79. The van der Waals surface area contributed by atoms with Crippen LogP contribution in [0.25, 0.3) is 0 Å². The van der Waals surface area contributed by atoms with Gasteiger partial charge in [0.2, 0.25) is 0 Å². The molecule has 0 aliphatic carbocycles. The number of primary amides is 1. The standard InChI is InChI=1S/C14H16FN3OS/c1-8(5-9-3-2-4-20-9)18-13-6-10(14(17)19)12(16)7-11(13)15/h2-4,6-8,18H,5,16H2,1H3,(H2,17,19). The van der Waals surface area contributed by atoms with Gasteiger partial charge in [-0.25, -0.2) is 4.39 Å². The lowest BCUT2D eigenvalue weighted by Gasteiger charge is -2.16. The number of thiophene rings is 1. The first-order chi connectivity index (χ1) is 9.47. The molecule has 6 heteroatoms. The molecule has 1 amide bonds. The summed E-state index contributed by atoms with van der Waals surface area (Å²) >= 11 is 1.65. The summed E-state index contributed by atoms with van der Waals surface area (Å²) < 4.78 is 13.8. The van der Waals surface area contributed by atoms with Gasteiger partial charge < -0.3 is 16.8 Å². The van der Waals surface area contributed by atoms with Gasteiger partial charge in [-0.15, -0.1) is 11.3 Å². The van der Waals surface area contributed by atoms with Crippen LogP contribution in [0.2, 0.25) is 0 Å². The number of hydrogen-bond acceptors (Lipinski definition) is 4. The minimum Gasteiger partial charge on any atom is -0.398 e. The second kappa shape index (κ2) is 5.92. The molecule has 1 heterocycles. The molecular formula is C14H16FN3OS. The van der Waals surface area contributed by atoms with Gasteiger partial charge in [-0.1, -0.05) is 6.07 Å². The highest BCUT2D eigenvalue weighted by Gasteiger charge is 2.14. The van der Waals surface area contributed by atoms with E-state index in [1.54, 1.807) is 11.3 Å². The molecule has 0 radical (unpaired) electrons. The Balaban J connectivity index is 2.16. The third kappa shape index (κ3) is 3.27. The molecule has 0 spiro atoms. The molecule has 0 saturated carbocycles. The van der Waals surface area contributed by atoms with Gasteiger partial charge in [0.05, 0.1) is 11.3 Å². The fourth-order valence-electron chi connectivity index (χ4n) is 1.96. The summed E-state index contributed by atoms with van der Waals surface area (Å²) in [5.74, 6) is -1.16. The van der Waals surface area contributed by atoms with Gasteiger partial charge in [-0.2, -0.15) is 0 Å². The average molecular weight is 293 g/mol. The van der Waals surface area contributed by atoms with Gasteiger partial charge in [0.25, 0.3) is 5.91 Å². The van der Waals surface area contributed by atoms with Crippen LogP contribution in [0.15, 0.2) is 29.6 Å². The van der Waals surface area contributed by atoms with E-state index in [0.717, 1.165) is 12.5 Å². The highest BCUT2D eigenvalue weighted by Crippen LogP contribution is 2.23. The Kier molecular flexibility index (Phi) is 4.24. The van der Waals surface area contributed by atoms with E-state index in [2.05, 4.69) is 5.32 Å². The second-order valence-electron chi connectivity index (χ2n) is 4.61. The van der Waals surface area contributed by atoms with Gasteiger partial charge in [0.1, 0.15) is 5.82 Å². The lowest BCUT2D eigenvalue weighted by atomic mass is 10.1. The molecule has 0 bridgehead atoms. The van der Waals surface area contributed by atoms with Gasteiger partial charge in [0.15, 0.2) is 0 Å². The van der Waals surface area contributed by atoms with E-state index in [4.69, 9.17) is 11.5 Å². The minimum atomic E-state index is -0.670. The summed E-state index contributed by atoms with van der Waals surface area (Å²) in [4.78, 5) is 12.4. The zero-order valence-corrected chi connectivity index (χ0v) is 11.8. The largest absolute Gasteiger partial charge is 0.398 e. The van der Waals surface area contributed by atoms with Crippen molar-refractivity contribution in [3.8, 4) is 0 Å². The van der Waals surface area contributed by atoms with Gasteiger partial charge in [-0.3, -0.25) is 4.79 Å². The third-order valence-electron chi connectivity index (χ3n) is 2.89. The van der Waals surface area contributed by atoms with Crippen molar-refractivity contribution in [3.05, 3.63) is 45.9 Å². The normalized spacial score (nSPS) is 12.1. The maximum Gasteiger partial charge on any atom is 0.250 e. The monoisotopic (exact) mass is 293 g/mol. The summed E-state index contributed by atoms with van der Waals surface area (Å²) in [6.45, 7) is 1.94. The van der Waals surface area contributed by atoms with Crippen LogP contribution in [0.1, 0.15) is 22.2 Å². The average Bonchev–Trinajstić information content (AvgIpc) is 2.84. The number of anilines is 2. The van der Waals surface area contributed by atoms with E-state index >= 15 is 0 Å². The first-order valence-electron chi connectivity index (χ1n) is 6.15. The van der Waals surface area contributed by atoms with Gasteiger partial charge >= 0.3 is 0 Å². The Morgan fingerprint density at radius 1 is 1.50 bits per heavy atom. The molecule has 5 N–H and O–H groups in total. The summed E-state index contributed by atoms with van der Waals surface area (Å²) in [5, 5.41) is 5.04. The van der Waals surface area contributed by atoms with E-state index < -0.39 is 11.7 Å². The Labute approximate surface area is 120 Å². The Bertz CT molecular complexity index is 613. The first-order valence-corrected chi connectivity index (χ1v) is 7.03. The Morgan fingerprint density at radius 2 is 2.25 bits per heavy atom. The summed E-state index contributed by atoms with van der Waals surface area (Å²) in [6, 6.07) is 6.49. The number of benzene rings is 1. The predicted octanol–water partition coefficient (Wildman–Crippen LogP) is 2.61. The predicted molar refractivity (Wildman–Crippen MR) is 80.4 cm³/mol. The van der Waals surface area contributed by atoms with Crippen LogP contribution in [0.3, 0.4) is 0 Å². The van der Waals surface area contributed by atoms with Crippen molar-refractivity contribution in [2.75, 3.05) is 11.1 Å². The molecule has 1 aromatic carbocycles. The van der Waals surface area contributed by atoms with Crippen LogP contribution >= 0.6 is 11.3 Å². The smallest absolute Gasteiger partial charge is 0.250 e. The topological polar surface area (TPSA) is 81.1 Å². The van der Waals surface area contributed by atoms with E-state index in [1.165, 1.54) is 10.9 Å². The van der Waals surface area contributed by atoms with Gasteiger partial charge in [-0.05, 0) is 30.5 Å². The van der Waals surface area contributed by atoms with Crippen molar-refractivity contribution >= 4 is 28.6 Å². The zero-order valence-electron chi connectivity index (χ0n) is 11.0. The molecule has 1 atom stereocenters. The molecular weight excluding hydrogens is 277 g/mol. The lowest BCUT2D eigenvalue weighted by molar-refractivity contribution is 0.100. The van der Waals surface area contributed by atoms with E-state index in [9.17, 15) is 9.18 Å². The number of halogens is 1. The number of carbonyl (C=O) groups is 1. The molecule has 4 nitrogen and oxygen atoms in total. The van der Waals surface area contributed by atoms with Crippen molar-refractivity contribution in [2.24, 2.45) is 5.73 Å². The van der Waals surface area contributed by atoms with E-state index in [0.29, 0.717) is 0 Å². The maximum absolute atomic E-state index is 13.8. The van der Waals surface area contributed by atoms with Crippen molar-refractivity contribution in [1.82, 2.24) is 0 Å². The molecule has 20 heavy (non-hydrogen) atoms. The van der Waals surface area contributed by atoms with Crippen LogP contribution in [-0.2, 0) is 6.42 Å². The highest BCUT2D eigenvalue weighted by atomic mass is 32.1. The van der Waals surface area contributed by atoms with E-state index in [1.807, 2.05) is 24.4 Å². The number of hydrogen-bond donors (Lipinski definition) is 3. The van der Waals surface area contributed by atoms with Crippen molar-refractivity contribution in [1.29, 1.82) is 0 Å². The molecule has 2 rings (SSSR count). The summed E-state index contributed by atoms with van der Waals surface area (Å²) in [5.41, 5.74) is 11.2. The lowest BCUT2D eigenvalue weighted by Crippen LogP contribution is -2.20. The molecule has 1 unspecified atom stereocenters. The zero-order chi connectivity index (χ0) is 14.7. The van der Waals surface area contributed by atoms with Crippen LogP contribution in [0.4, 0.5) is 15.8 Å². The number of nitrogens with two attached hydrogens (primary N) is 2. The third-order valence-corrected chi connectivity index (χ3v) is 3.79. The van der Waals surface area contributed by atoms with Crippen LogP contribution < -0.4 is 16.8 Å². The number of rotatable bonds is 5. The first kappa shape index (κ1) is 14.3. The highest BCUT2D eigenvalue weighted by molar-refractivity contribution is 7.09. The Hall–Kier alpha value is -2.08. The minimum absolute atomic E-state index is 0.0208. The van der Waals surface area contributed by atoms with Gasteiger partial charge in [0, 0.05) is 23.0 Å². The number of nitrogens with one attached hydrogen (secondary N) is 1. The van der Waals surface area contributed by atoms with Crippen molar-refractivity contribution < 1.29 is 9.18 Å². The number of carbonyl (C=O) groups excluding carboxylic acids is 1.